The van der Waals surface area contributed by atoms with E-state index in [9.17, 15) is 9.59 Å². The minimum absolute atomic E-state index is 0.165. The van der Waals surface area contributed by atoms with E-state index in [4.69, 9.17) is 0 Å². The summed E-state index contributed by atoms with van der Waals surface area (Å²) in [4.78, 5) is 24.1. The summed E-state index contributed by atoms with van der Waals surface area (Å²) in [5, 5.41) is 0. The molecule has 0 bridgehead atoms. The number of nitrogens with zero attached hydrogens (tertiary/aromatic N) is 1. The van der Waals surface area contributed by atoms with Crippen molar-refractivity contribution in [2.45, 2.75) is 6.92 Å². The van der Waals surface area contributed by atoms with Crippen LogP contribution in [0.5, 0.6) is 0 Å². The lowest BCUT2D eigenvalue weighted by molar-refractivity contribution is 0.0824. The zero-order valence-electron chi connectivity index (χ0n) is 8.87. The Morgan fingerprint density at radius 2 is 2.00 bits per heavy atom. The van der Waals surface area contributed by atoms with Gasteiger partial charge in [-0.2, -0.15) is 0 Å². The highest BCUT2D eigenvalue weighted by molar-refractivity contribution is 9.10. The molecule has 80 valence electrons. The van der Waals surface area contributed by atoms with E-state index in [1.54, 1.807) is 20.2 Å². The summed E-state index contributed by atoms with van der Waals surface area (Å²) in [6, 6.07) is 3.53. The molecule has 0 saturated carbocycles. The van der Waals surface area contributed by atoms with E-state index < -0.39 is 0 Å². The molecular formula is C11H12BrNO2. The molecule has 4 heteroatoms. The second kappa shape index (κ2) is 4.57. The van der Waals surface area contributed by atoms with Crippen LogP contribution in [0.1, 0.15) is 26.3 Å². The molecule has 1 aromatic carbocycles. The third-order valence-electron chi connectivity index (χ3n) is 2.03. The fourth-order valence-electron chi connectivity index (χ4n) is 1.29. The van der Waals surface area contributed by atoms with Crippen LogP contribution in [-0.4, -0.2) is 31.2 Å². The molecule has 1 amide bonds. The first-order chi connectivity index (χ1) is 6.97. The van der Waals surface area contributed by atoms with Gasteiger partial charge in [0.2, 0.25) is 0 Å². The van der Waals surface area contributed by atoms with Crippen molar-refractivity contribution in [3.8, 4) is 0 Å². The molecule has 0 spiro atoms. The Balaban J connectivity index is 3.39. The number of aldehydes is 1. The van der Waals surface area contributed by atoms with Crippen LogP contribution in [0.4, 0.5) is 0 Å². The van der Waals surface area contributed by atoms with Gasteiger partial charge < -0.3 is 4.90 Å². The van der Waals surface area contributed by atoms with Crippen LogP contribution in [0.2, 0.25) is 0 Å². The van der Waals surface area contributed by atoms with Gasteiger partial charge in [-0.05, 0) is 24.6 Å². The zero-order valence-corrected chi connectivity index (χ0v) is 10.5. The van der Waals surface area contributed by atoms with Crippen molar-refractivity contribution in [2.24, 2.45) is 0 Å². The third kappa shape index (κ3) is 2.45. The molecule has 1 aromatic rings. The van der Waals surface area contributed by atoms with E-state index in [2.05, 4.69) is 15.9 Å². The molecule has 0 aliphatic rings. The number of amides is 1. The minimum Gasteiger partial charge on any atom is -0.345 e. The van der Waals surface area contributed by atoms with Crippen LogP contribution in [-0.2, 0) is 0 Å². The van der Waals surface area contributed by atoms with E-state index in [1.165, 1.54) is 4.90 Å². The minimum atomic E-state index is -0.165. The normalized spacial score (nSPS) is 9.87. The van der Waals surface area contributed by atoms with Crippen molar-refractivity contribution in [3.05, 3.63) is 33.3 Å². The Morgan fingerprint density at radius 1 is 1.40 bits per heavy atom. The second-order valence-electron chi connectivity index (χ2n) is 3.53. The molecule has 15 heavy (non-hydrogen) atoms. The smallest absolute Gasteiger partial charge is 0.254 e. The zero-order chi connectivity index (χ0) is 11.6. The number of benzene rings is 1. The summed E-state index contributed by atoms with van der Waals surface area (Å²) < 4.78 is 0.655. The van der Waals surface area contributed by atoms with E-state index in [-0.39, 0.29) is 5.91 Å². The molecule has 0 aromatic heterocycles. The molecule has 1 rings (SSSR count). The lowest BCUT2D eigenvalue weighted by atomic mass is 10.0. The monoisotopic (exact) mass is 269 g/mol. The molecule has 0 saturated heterocycles. The van der Waals surface area contributed by atoms with Gasteiger partial charge in [-0.1, -0.05) is 15.9 Å². The van der Waals surface area contributed by atoms with Crippen molar-refractivity contribution in [1.29, 1.82) is 0 Å². The van der Waals surface area contributed by atoms with Crippen molar-refractivity contribution < 1.29 is 9.59 Å². The topological polar surface area (TPSA) is 37.4 Å². The summed E-state index contributed by atoms with van der Waals surface area (Å²) >= 11 is 3.27. The van der Waals surface area contributed by atoms with Crippen LogP contribution in [0.15, 0.2) is 16.6 Å². The van der Waals surface area contributed by atoms with E-state index in [0.29, 0.717) is 21.9 Å². The summed E-state index contributed by atoms with van der Waals surface area (Å²) in [5.41, 5.74) is 1.78. The first kappa shape index (κ1) is 11.9. The van der Waals surface area contributed by atoms with Crippen LogP contribution in [0, 0.1) is 6.92 Å². The van der Waals surface area contributed by atoms with Gasteiger partial charge in [0, 0.05) is 24.1 Å². The maximum atomic E-state index is 11.8. The summed E-state index contributed by atoms with van der Waals surface area (Å²) in [6.45, 7) is 1.88. The van der Waals surface area contributed by atoms with E-state index >= 15 is 0 Å². The number of carbonyl (C=O) groups excluding carboxylic acids is 2. The van der Waals surface area contributed by atoms with Crippen molar-refractivity contribution in [2.75, 3.05) is 14.1 Å². The fourth-order valence-corrected chi connectivity index (χ4v) is 1.96. The van der Waals surface area contributed by atoms with Gasteiger partial charge in [0.15, 0.2) is 6.29 Å². The number of aryl methyl sites for hydroxylation is 1. The summed E-state index contributed by atoms with van der Waals surface area (Å²) in [5.74, 6) is -0.165. The number of carbonyl (C=O) groups is 2. The number of hydrogen-bond donors (Lipinski definition) is 0. The Morgan fingerprint density at radius 3 is 2.47 bits per heavy atom. The largest absolute Gasteiger partial charge is 0.345 e. The van der Waals surface area contributed by atoms with Gasteiger partial charge in [-0.15, -0.1) is 0 Å². The van der Waals surface area contributed by atoms with Crippen LogP contribution < -0.4 is 0 Å². The Labute approximate surface area is 97.2 Å². The maximum absolute atomic E-state index is 11.8. The van der Waals surface area contributed by atoms with Crippen molar-refractivity contribution in [3.63, 3.8) is 0 Å². The Bertz CT molecular complexity index is 413. The second-order valence-corrected chi connectivity index (χ2v) is 4.38. The molecule has 0 heterocycles. The van der Waals surface area contributed by atoms with Gasteiger partial charge >= 0.3 is 0 Å². The van der Waals surface area contributed by atoms with Crippen molar-refractivity contribution >= 4 is 28.1 Å². The molecule has 3 nitrogen and oxygen atoms in total. The Kier molecular flexibility index (Phi) is 3.63. The molecule has 0 fully saturated rings. The molecule has 0 atom stereocenters. The molecule has 0 aliphatic heterocycles. The molecule has 0 aliphatic carbocycles. The summed E-state index contributed by atoms with van der Waals surface area (Å²) in [6.07, 6.45) is 0.695. The average molecular weight is 270 g/mol. The SMILES string of the molecule is Cc1cc(Br)c(C=O)c(C(=O)N(C)C)c1. The lowest BCUT2D eigenvalue weighted by Gasteiger charge is -2.13. The maximum Gasteiger partial charge on any atom is 0.254 e. The molecular weight excluding hydrogens is 258 g/mol. The van der Waals surface area contributed by atoms with E-state index in [1.807, 2.05) is 13.0 Å². The number of rotatable bonds is 2. The van der Waals surface area contributed by atoms with E-state index in [0.717, 1.165) is 5.56 Å². The van der Waals surface area contributed by atoms with Gasteiger partial charge in [-0.25, -0.2) is 0 Å². The highest BCUT2D eigenvalue weighted by Crippen LogP contribution is 2.22. The van der Waals surface area contributed by atoms with Crippen LogP contribution in [0.3, 0.4) is 0 Å². The lowest BCUT2D eigenvalue weighted by Crippen LogP contribution is -2.23. The predicted molar refractivity (Wildman–Crippen MR) is 62.3 cm³/mol. The highest BCUT2D eigenvalue weighted by atomic mass is 79.9. The third-order valence-corrected chi connectivity index (χ3v) is 2.68. The van der Waals surface area contributed by atoms with Gasteiger partial charge in [0.1, 0.15) is 0 Å². The Hall–Kier alpha value is -1.16. The van der Waals surface area contributed by atoms with Crippen LogP contribution >= 0.6 is 15.9 Å². The highest BCUT2D eigenvalue weighted by Gasteiger charge is 2.15. The van der Waals surface area contributed by atoms with Gasteiger partial charge in [0.05, 0.1) is 5.56 Å². The van der Waals surface area contributed by atoms with Crippen LogP contribution in [0.25, 0.3) is 0 Å². The first-order valence-electron chi connectivity index (χ1n) is 4.44. The van der Waals surface area contributed by atoms with Crippen molar-refractivity contribution in [1.82, 2.24) is 4.90 Å². The quantitative estimate of drug-likeness (QED) is 0.773. The number of hydrogen-bond acceptors (Lipinski definition) is 2. The molecule has 0 unspecified atom stereocenters. The first-order valence-corrected chi connectivity index (χ1v) is 5.23. The summed E-state index contributed by atoms with van der Waals surface area (Å²) in [7, 11) is 3.32. The predicted octanol–water partition coefficient (Wildman–Crippen LogP) is 2.27. The fraction of sp³-hybridized carbons (Fsp3) is 0.273. The molecule has 0 radical (unpaired) electrons. The van der Waals surface area contributed by atoms with Gasteiger partial charge in [0.25, 0.3) is 5.91 Å². The van der Waals surface area contributed by atoms with Gasteiger partial charge in [-0.3, -0.25) is 9.59 Å². The standard InChI is InChI=1S/C11H12BrNO2/c1-7-4-8(11(15)13(2)3)9(6-14)10(12)5-7/h4-6H,1-3H3. The average Bonchev–Trinajstić information content (AvgIpc) is 2.15. The molecule has 0 N–H and O–H groups in total. The number of halogens is 1.